The molecule has 3 aliphatic rings. The molecule has 1 fully saturated rings. The van der Waals surface area contributed by atoms with Gasteiger partial charge in [0, 0.05) is 0 Å². The van der Waals surface area contributed by atoms with Gasteiger partial charge in [0.05, 0.1) is 0 Å². The van der Waals surface area contributed by atoms with Crippen molar-refractivity contribution in [3.8, 4) is 0 Å². The van der Waals surface area contributed by atoms with Crippen LogP contribution in [0, 0.1) is 11.8 Å². The summed E-state index contributed by atoms with van der Waals surface area (Å²) >= 11 is -0.846. The van der Waals surface area contributed by atoms with Gasteiger partial charge in [-0.1, -0.05) is 0 Å². The molecule has 1 aromatic carbocycles. The Morgan fingerprint density at radius 3 is 2.33 bits per heavy atom. The SMILES string of the molecule is CCC(C)P(C1=Cc2ccccc2[CH]1[Hf+2][CH]1CCC2C=CC=CC21)C(C)CC.[Cl-].[Cl-]. The molecule has 30 heavy (non-hydrogen) atoms. The molecule has 6 atom stereocenters. The molecule has 3 aliphatic carbocycles. The molecule has 4 rings (SSSR count). The molecule has 4 heteroatoms. The zero-order valence-corrected chi connectivity index (χ0v) is 24.7. The second-order valence-corrected chi connectivity index (χ2v) is 17.9. The largest absolute Gasteiger partial charge is 1.00 e. The third-order valence-corrected chi connectivity index (χ3v) is 19.2. The first-order valence-electron chi connectivity index (χ1n) is 11.3. The summed E-state index contributed by atoms with van der Waals surface area (Å²) in [5, 5.41) is 1.90. The molecule has 0 spiro atoms. The summed E-state index contributed by atoms with van der Waals surface area (Å²) in [4.78, 5) is 0. The fourth-order valence-electron chi connectivity index (χ4n) is 5.41. The molecule has 0 N–H and O–H groups in total. The number of fused-ring (bicyclic) bond motifs is 2. The van der Waals surface area contributed by atoms with Crippen molar-refractivity contribution in [2.75, 3.05) is 0 Å². The van der Waals surface area contributed by atoms with Crippen molar-refractivity contribution in [3.63, 3.8) is 0 Å². The monoisotopic (exact) mass is 628 g/mol. The van der Waals surface area contributed by atoms with Crippen molar-refractivity contribution in [2.24, 2.45) is 11.8 Å². The Hall–Kier alpha value is 0.320. The number of hydrogen-bond acceptors (Lipinski definition) is 0. The molecular weight excluding hydrogens is 593 g/mol. The van der Waals surface area contributed by atoms with Crippen LogP contribution in [0.5, 0.6) is 0 Å². The van der Waals surface area contributed by atoms with Crippen LogP contribution >= 0.6 is 7.92 Å². The van der Waals surface area contributed by atoms with Gasteiger partial charge in [0.1, 0.15) is 0 Å². The van der Waals surface area contributed by atoms with E-state index in [0.717, 1.165) is 30.5 Å². The van der Waals surface area contributed by atoms with Crippen molar-refractivity contribution in [2.45, 2.75) is 72.0 Å². The van der Waals surface area contributed by atoms with Gasteiger partial charge in [-0.2, -0.15) is 0 Å². The van der Waals surface area contributed by atoms with Crippen molar-refractivity contribution in [1.29, 1.82) is 0 Å². The molecule has 0 aromatic heterocycles. The quantitative estimate of drug-likeness (QED) is 0.322. The van der Waals surface area contributed by atoms with Gasteiger partial charge in [-0.15, -0.1) is 0 Å². The van der Waals surface area contributed by atoms with E-state index in [1.54, 1.807) is 11.1 Å². The van der Waals surface area contributed by atoms with Crippen LogP contribution in [-0.4, -0.2) is 11.3 Å². The minimum Gasteiger partial charge on any atom is -1.00 e. The maximum Gasteiger partial charge on any atom is -1.00 e. The van der Waals surface area contributed by atoms with E-state index < -0.39 is 22.9 Å². The predicted molar refractivity (Wildman–Crippen MR) is 122 cm³/mol. The zero-order chi connectivity index (χ0) is 19.7. The Labute approximate surface area is 209 Å². The summed E-state index contributed by atoms with van der Waals surface area (Å²) in [5.41, 5.74) is 4.97. The van der Waals surface area contributed by atoms with E-state index in [1.807, 2.05) is 5.31 Å². The Balaban J connectivity index is 0.00000160. The van der Waals surface area contributed by atoms with E-state index in [1.165, 1.54) is 25.7 Å². The zero-order valence-electron chi connectivity index (χ0n) is 18.7. The Bertz CT molecular complexity index is 777. The molecule has 162 valence electrons. The number of hydrogen-bond donors (Lipinski definition) is 0. The summed E-state index contributed by atoms with van der Waals surface area (Å²) in [7, 11) is -0.0318. The van der Waals surface area contributed by atoms with E-state index in [4.69, 9.17) is 0 Å². The number of allylic oxidation sites excluding steroid dienone is 5. The maximum absolute atomic E-state index is 2.67. The van der Waals surface area contributed by atoms with Gasteiger partial charge >= 0.3 is 186 Å². The summed E-state index contributed by atoms with van der Waals surface area (Å²) in [6, 6.07) is 9.40. The summed E-state index contributed by atoms with van der Waals surface area (Å²) in [5.74, 6) is 1.71. The van der Waals surface area contributed by atoms with Crippen LogP contribution in [0.25, 0.3) is 6.08 Å². The van der Waals surface area contributed by atoms with Gasteiger partial charge in [-0.25, -0.2) is 0 Å². The summed E-state index contributed by atoms with van der Waals surface area (Å²) in [6.07, 6.45) is 17.9. The van der Waals surface area contributed by atoms with E-state index in [-0.39, 0.29) is 32.7 Å². The molecule has 0 nitrogen and oxygen atoms in total. The van der Waals surface area contributed by atoms with Crippen LogP contribution < -0.4 is 24.8 Å². The first-order chi connectivity index (χ1) is 13.6. The Kier molecular flexibility index (Phi) is 10.6. The van der Waals surface area contributed by atoms with E-state index in [2.05, 4.69) is 82.3 Å². The van der Waals surface area contributed by atoms with Gasteiger partial charge in [-0.05, 0) is 0 Å². The van der Waals surface area contributed by atoms with E-state index in [0.29, 0.717) is 0 Å². The summed E-state index contributed by atoms with van der Waals surface area (Å²) in [6.45, 7) is 9.88. The van der Waals surface area contributed by atoms with E-state index >= 15 is 0 Å². The third-order valence-electron chi connectivity index (χ3n) is 7.29. The molecule has 0 bridgehead atoms. The molecule has 6 unspecified atom stereocenters. The molecular formula is C26H35Cl2HfP. The van der Waals surface area contributed by atoms with Crippen LogP contribution in [0.4, 0.5) is 0 Å². The van der Waals surface area contributed by atoms with Gasteiger partial charge in [0.15, 0.2) is 0 Å². The fraction of sp³-hybridized carbons (Fsp3) is 0.538. The van der Waals surface area contributed by atoms with E-state index in [9.17, 15) is 0 Å². The molecule has 0 amide bonds. The van der Waals surface area contributed by atoms with Crippen molar-refractivity contribution in [3.05, 3.63) is 65.0 Å². The minimum atomic E-state index is -0.846. The van der Waals surface area contributed by atoms with Crippen LogP contribution in [0.3, 0.4) is 0 Å². The molecule has 1 saturated carbocycles. The van der Waals surface area contributed by atoms with Crippen molar-refractivity contribution >= 4 is 14.0 Å². The minimum absolute atomic E-state index is 0. The molecule has 0 saturated heterocycles. The van der Waals surface area contributed by atoms with Crippen molar-refractivity contribution in [1.82, 2.24) is 0 Å². The Morgan fingerprint density at radius 1 is 0.967 bits per heavy atom. The average molecular weight is 628 g/mol. The average Bonchev–Trinajstić information content (AvgIpc) is 3.30. The second kappa shape index (κ2) is 12.0. The smallest absolute Gasteiger partial charge is 1.00 e. The standard InChI is InChI=1S/C17H24P.C9H11.2ClH.Hf/c1-5-13(3)18(14(4)6-2)17-11-15-9-7-8-10-16(15)12-17;1-2-5-9-7-3-6-8(9)4-1;;;/h7-14H,5-6H2,1-4H3;1-2,4-6,8-9H,3,7H2;2*1H;/q;;;;+2/p-2. The van der Waals surface area contributed by atoms with Crippen LogP contribution in [0.15, 0.2) is 53.9 Å². The topological polar surface area (TPSA) is 0 Å². The van der Waals surface area contributed by atoms with Gasteiger partial charge < -0.3 is 24.8 Å². The Morgan fingerprint density at radius 2 is 1.63 bits per heavy atom. The van der Waals surface area contributed by atoms with Gasteiger partial charge in [0.25, 0.3) is 0 Å². The van der Waals surface area contributed by atoms with Crippen molar-refractivity contribution < 1.29 is 47.7 Å². The number of rotatable bonds is 7. The molecule has 0 radical (unpaired) electrons. The van der Waals surface area contributed by atoms with Gasteiger partial charge in [-0.3, -0.25) is 0 Å². The first kappa shape index (κ1) is 26.6. The predicted octanol–water partition coefficient (Wildman–Crippen LogP) is 2.19. The van der Waals surface area contributed by atoms with Crippen LogP contribution in [-0.2, 0) is 22.9 Å². The number of benzene rings is 1. The summed E-state index contributed by atoms with van der Waals surface area (Å²) < 4.78 is 1.89. The van der Waals surface area contributed by atoms with Crippen LogP contribution in [0.2, 0.25) is 3.67 Å². The first-order valence-corrected chi connectivity index (χ1v) is 17.0. The van der Waals surface area contributed by atoms with Crippen LogP contribution in [0.1, 0.15) is 68.2 Å². The third kappa shape index (κ3) is 5.27. The maximum atomic E-state index is 2.67. The molecule has 1 aromatic rings. The molecule has 0 heterocycles. The fourth-order valence-corrected chi connectivity index (χ4v) is 18.3. The molecule has 0 aliphatic heterocycles. The van der Waals surface area contributed by atoms with Gasteiger partial charge in [0.2, 0.25) is 0 Å². The second-order valence-electron chi connectivity index (χ2n) is 8.91. The number of halogens is 2. The normalized spacial score (nSPS) is 28.9.